The number of hydrogen-bond acceptors (Lipinski definition) is 5. The Kier molecular flexibility index (Phi) is 2.22. The van der Waals surface area contributed by atoms with E-state index < -0.39 is 11.8 Å². The van der Waals surface area contributed by atoms with Crippen LogP contribution >= 0.6 is 0 Å². The highest BCUT2D eigenvalue weighted by Gasteiger charge is 2.35. The van der Waals surface area contributed by atoms with Crippen LogP contribution in [0.5, 0.6) is 0 Å². The van der Waals surface area contributed by atoms with Crippen molar-refractivity contribution in [3.05, 3.63) is 29.1 Å². The van der Waals surface area contributed by atoms with Crippen LogP contribution in [0.4, 0.5) is 0 Å². The molecule has 0 spiro atoms. The van der Waals surface area contributed by atoms with Crippen LogP contribution in [0.15, 0.2) is 12.3 Å². The van der Waals surface area contributed by atoms with Crippen LogP contribution in [0.2, 0.25) is 0 Å². The Balaban J connectivity index is 2.47. The average molecular weight is 207 g/mol. The molecule has 0 bridgehead atoms. The van der Waals surface area contributed by atoms with Crippen molar-refractivity contribution in [2.75, 3.05) is 7.11 Å². The number of fused-ring (bicyclic) bond motifs is 1. The summed E-state index contributed by atoms with van der Waals surface area (Å²) in [5, 5.41) is 0.564. The number of nitrogens with two attached hydrogens (primary N) is 1. The standard InChI is InChI=1S/C9H9N3O3/c1-15-4-5-2-6-7(11-3-5)9(14)12(10)8(6)13/h2-3H,4,10H2,1H3. The van der Waals surface area contributed by atoms with Crippen molar-refractivity contribution in [1.82, 2.24) is 9.99 Å². The van der Waals surface area contributed by atoms with E-state index in [1.54, 1.807) is 6.07 Å². The van der Waals surface area contributed by atoms with E-state index >= 15 is 0 Å². The number of carbonyl (C=O) groups is 2. The fourth-order valence-corrected chi connectivity index (χ4v) is 1.42. The van der Waals surface area contributed by atoms with E-state index in [1.165, 1.54) is 13.3 Å². The normalized spacial score (nSPS) is 14.7. The molecule has 2 N–H and O–H groups in total. The van der Waals surface area contributed by atoms with Crippen LogP contribution in [0.1, 0.15) is 26.4 Å². The fraction of sp³-hybridized carbons (Fsp3) is 0.222. The SMILES string of the molecule is COCc1cnc2c(c1)C(=O)N(N)C2=O. The summed E-state index contributed by atoms with van der Waals surface area (Å²) >= 11 is 0. The first-order valence-corrected chi connectivity index (χ1v) is 4.26. The number of amides is 2. The van der Waals surface area contributed by atoms with E-state index in [9.17, 15) is 9.59 Å². The molecule has 2 rings (SSSR count). The van der Waals surface area contributed by atoms with E-state index in [0.717, 1.165) is 5.56 Å². The molecule has 6 heteroatoms. The number of hydrazine groups is 1. The smallest absolute Gasteiger partial charge is 0.294 e. The first-order valence-electron chi connectivity index (χ1n) is 4.26. The summed E-state index contributed by atoms with van der Waals surface area (Å²) in [6.07, 6.45) is 1.49. The number of imide groups is 1. The molecule has 0 unspecified atom stereocenters. The van der Waals surface area contributed by atoms with Gasteiger partial charge in [0.2, 0.25) is 0 Å². The van der Waals surface area contributed by atoms with Gasteiger partial charge in [-0.2, -0.15) is 0 Å². The summed E-state index contributed by atoms with van der Waals surface area (Å²) in [5.74, 6) is 4.16. The van der Waals surface area contributed by atoms with Crippen LogP contribution in [-0.4, -0.2) is 28.9 Å². The zero-order valence-electron chi connectivity index (χ0n) is 8.06. The lowest BCUT2D eigenvalue weighted by Gasteiger charge is -2.01. The van der Waals surface area contributed by atoms with Crippen molar-refractivity contribution < 1.29 is 14.3 Å². The molecular formula is C9H9N3O3. The van der Waals surface area contributed by atoms with Crippen molar-refractivity contribution in [1.29, 1.82) is 0 Å². The molecule has 0 saturated heterocycles. The molecule has 1 aliphatic heterocycles. The molecule has 0 aromatic carbocycles. The van der Waals surface area contributed by atoms with Crippen LogP contribution in [0.3, 0.4) is 0 Å². The fourth-order valence-electron chi connectivity index (χ4n) is 1.42. The molecule has 0 atom stereocenters. The predicted molar refractivity (Wildman–Crippen MR) is 49.6 cm³/mol. The third-order valence-corrected chi connectivity index (χ3v) is 2.13. The Labute approximate surface area is 85.6 Å². The van der Waals surface area contributed by atoms with Gasteiger partial charge >= 0.3 is 0 Å². The van der Waals surface area contributed by atoms with Gasteiger partial charge in [0.25, 0.3) is 11.8 Å². The van der Waals surface area contributed by atoms with Crippen LogP contribution in [0, 0.1) is 0 Å². The largest absolute Gasteiger partial charge is 0.380 e. The van der Waals surface area contributed by atoms with Crippen molar-refractivity contribution >= 4 is 11.8 Å². The lowest BCUT2D eigenvalue weighted by atomic mass is 10.1. The molecule has 6 nitrogen and oxygen atoms in total. The molecule has 1 aromatic rings. The molecule has 0 fully saturated rings. The number of carbonyl (C=O) groups excluding carboxylic acids is 2. The lowest BCUT2D eigenvalue weighted by Crippen LogP contribution is -2.36. The summed E-state index contributed by atoms with van der Waals surface area (Å²) in [6, 6.07) is 1.57. The number of pyridine rings is 1. The van der Waals surface area contributed by atoms with E-state index in [1.807, 2.05) is 0 Å². The molecule has 0 saturated carbocycles. The summed E-state index contributed by atoms with van der Waals surface area (Å²) in [5.41, 5.74) is 1.06. The van der Waals surface area contributed by atoms with Gasteiger partial charge in [-0.25, -0.2) is 15.8 Å². The van der Waals surface area contributed by atoms with Crippen LogP contribution < -0.4 is 5.84 Å². The number of ether oxygens (including phenoxy) is 1. The molecule has 0 aliphatic carbocycles. The van der Waals surface area contributed by atoms with Crippen molar-refractivity contribution in [3.63, 3.8) is 0 Å². The van der Waals surface area contributed by atoms with Gasteiger partial charge < -0.3 is 4.74 Å². The Morgan fingerprint density at radius 1 is 1.47 bits per heavy atom. The van der Waals surface area contributed by atoms with Gasteiger partial charge in [-0.05, 0) is 11.6 Å². The molecule has 0 radical (unpaired) electrons. The molecule has 2 amide bonds. The second-order valence-electron chi connectivity index (χ2n) is 3.15. The van der Waals surface area contributed by atoms with Gasteiger partial charge in [0.15, 0.2) is 0 Å². The zero-order chi connectivity index (χ0) is 11.0. The van der Waals surface area contributed by atoms with E-state index in [4.69, 9.17) is 10.6 Å². The van der Waals surface area contributed by atoms with Gasteiger partial charge in [0, 0.05) is 13.3 Å². The highest BCUT2D eigenvalue weighted by atomic mass is 16.5. The van der Waals surface area contributed by atoms with Crippen LogP contribution in [-0.2, 0) is 11.3 Å². The maximum Gasteiger partial charge on any atom is 0.294 e. The summed E-state index contributed by atoms with van der Waals surface area (Å²) < 4.78 is 4.90. The quantitative estimate of drug-likeness (QED) is 0.408. The van der Waals surface area contributed by atoms with E-state index in [0.29, 0.717) is 11.6 Å². The number of aromatic nitrogens is 1. The highest BCUT2D eigenvalue weighted by molar-refractivity contribution is 6.19. The number of nitrogens with zero attached hydrogens (tertiary/aromatic N) is 2. The molecule has 78 valence electrons. The minimum atomic E-state index is -0.570. The Bertz CT molecular complexity index is 444. The van der Waals surface area contributed by atoms with Gasteiger partial charge in [-0.1, -0.05) is 0 Å². The predicted octanol–water partition coefficient (Wildman–Crippen LogP) is -0.302. The third-order valence-electron chi connectivity index (χ3n) is 2.13. The maximum absolute atomic E-state index is 11.5. The number of hydrogen-bond donors (Lipinski definition) is 1. The average Bonchev–Trinajstić information content (AvgIpc) is 2.45. The molecular weight excluding hydrogens is 198 g/mol. The zero-order valence-corrected chi connectivity index (χ0v) is 8.06. The van der Waals surface area contributed by atoms with Gasteiger partial charge in [-0.15, -0.1) is 0 Å². The second-order valence-corrected chi connectivity index (χ2v) is 3.15. The van der Waals surface area contributed by atoms with Crippen molar-refractivity contribution in [2.24, 2.45) is 5.84 Å². The van der Waals surface area contributed by atoms with Crippen molar-refractivity contribution in [3.8, 4) is 0 Å². The monoisotopic (exact) mass is 207 g/mol. The Hall–Kier alpha value is -1.79. The lowest BCUT2D eigenvalue weighted by molar-refractivity contribution is 0.0652. The highest BCUT2D eigenvalue weighted by Crippen LogP contribution is 2.19. The Morgan fingerprint density at radius 2 is 2.20 bits per heavy atom. The van der Waals surface area contributed by atoms with Gasteiger partial charge in [0.05, 0.1) is 12.2 Å². The van der Waals surface area contributed by atoms with E-state index in [2.05, 4.69) is 4.98 Å². The van der Waals surface area contributed by atoms with Crippen LogP contribution in [0.25, 0.3) is 0 Å². The third kappa shape index (κ3) is 1.39. The first kappa shape index (κ1) is 9.75. The Morgan fingerprint density at radius 3 is 2.87 bits per heavy atom. The number of rotatable bonds is 2. The molecule has 2 heterocycles. The van der Waals surface area contributed by atoms with Crippen molar-refractivity contribution in [2.45, 2.75) is 6.61 Å². The molecule has 1 aromatic heterocycles. The molecule has 15 heavy (non-hydrogen) atoms. The topological polar surface area (TPSA) is 85.5 Å². The summed E-state index contributed by atoms with van der Waals surface area (Å²) in [4.78, 5) is 26.7. The molecule has 1 aliphatic rings. The second kappa shape index (κ2) is 3.41. The minimum Gasteiger partial charge on any atom is -0.380 e. The minimum absolute atomic E-state index is 0.0994. The van der Waals surface area contributed by atoms with Gasteiger partial charge in [0.1, 0.15) is 5.69 Å². The van der Waals surface area contributed by atoms with E-state index in [-0.39, 0.29) is 11.3 Å². The summed E-state index contributed by atoms with van der Waals surface area (Å²) in [6.45, 7) is 0.340. The van der Waals surface area contributed by atoms with Gasteiger partial charge in [-0.3, -0.25) is 9.59 Å². The number of methoxy groups -OCH3 is 1. The maximum atomic E-state index is 11.5. The summed E-state index contributed by atoms with van der Waals surface area (Å²) in [7, 11) is 1.54. The first-order chi connectivity index (χ1) is 7.15.